The molecule has 1 heterocycles. The van der Waals surface area contributed by atoms with E-state index >= 15 is 0 Å². The Morgan fingerprint density at radius 2 is 2.33 bits per heavy atom. The highest BCUT2D eigenvalue weighted by Crippen LogP contribution is 2.22. The summed E-state index contributed by atoms with van der Waals surface area (Å²) in [6.45, 7) is 4.08. The smallest absolute Gasteiger partial charge is 0.124 e. The molecule has 0 amide bonds. The van der Waals surface area contributed by atoms with Gasteiger partial charge < -0.3 is 5.32 Å². The Hall–Kier alpha value is -0.640. The predicted molar refractivity (Wildman–Crippen MR) is 73.3 cm³/mol. The van der Waals surface area contributed by atoms with Gasteiger partial charge in [0.15, 0.2) is 0 Å². The van der Waals surface area contributed by atoms with Gasteiger partial charge in [0.25, 0.3) is 0 Å². The number of hydrogen-bond acceptors (Lipinski definition) is 2. The fourth-order valence-electron chi connectivity index (χ4n) is 2.64. The van der Waals surface area contributed by atoms with E-state index in [1.165, 1.54) is 25.0 Å². The molecule has 0 aromatic heterocycles. The average molecular weight is 271 g/mol. The van der Waals surface area contributed by atoms with Crippen LogP contribution >= 0.6 is 11.6 Å². The van der Waals surface area contributed by atoms with Crippen molar-refractivity contribution >= 4 is 11.6 Å². The zero-order valence-corrected chi connectivity index (χ0v) is 11.5. The highest BCUT2D eigenvalue weighted by Gasteiger charge is 2.19. The monoisotopic (exact) mass is 270 g/mol. The van der Waals surface area contributed by atoms with Gasteiger partial charge >= 0.3 is 0 Å². The number of hydrogen-bond donors (Lipinski definition) is 1. The third kappa shape index (κ3) is 3.67. The number of benzene rings is 1. The maximum absolute atomic E-state index is 13.0. The third-order valence-corrected chi connectivity index (χ3v) is 3.86. The minimum atomic E-state index is -0.268. The normalized spacial score (nSPS) is 21.2. The van der Waals surface area contributed by atoms with Crippen LogP contribution in [0.5, 0.6) is 0 Å². The lowest BCUT2D eigenvalue weighted by molar-refractivity contribution is 0.167. The Morgan fingerprint density at radius 3 is 3.06 bits per heavy atom. The summed E-state index contributed by atoms with van der Waals surface area (Å²) in [5.74, 6) is 0.443. The Labute approximate surface area is 113 Å². The van der Waals surface area contributed by atoms with Crippen LogP contribution in [0.3, 0.4) is 0 Å². The minimum Gasteiger partial charge on any atom is -0.319 e. The number of nitrogens with zero attached hydrogens (tertiary/aromatic N) is 1. The van der Waals surface area contributed by atoms with Crippen LogP contribution in [-0.2, 0) is 6.54 Å². The van der Waals surface area contributed by atoms with Gasteiger partial charge in [0, 0.05) is 18.1 Å². The molecule has 4 heteroatoms. The van der Waals surface area contributed by atoms with Gasteiger partial charge in [-0.25, -0.2) is 4.39 Å². The van der Waals surface area contributed by atoms with Crippen molar-refractivity contribution in [2.45, 2.75) is 19.4 Å². The van der Waals surface area contributed by atoms with Crippen LogP contribution in [0.25, 0.3) is 0 Å². The Balaban J connectivity index is 1.96. The second-order valence-electron chi connectivity index (χ2n) is 5.04. The van der Waals surface area contributed by atoms with Crippen molar-refractivity contribution in [1.82, 2.24) is 10.2 Å². The molecular weight excluding hydrogens is 251 g/mol. The van der Waals surface area contributed by atoms with E-state index < -0.39 is 0 Å². The zero-order chi connectivity index (χ0) is 13.0. The molecule has 1 saturated heterocycles. The van der Waals surface area contributed by atoms with Crippen LogP contribution < -0.4 is 5.32 Å². The molecule has 1 N–H and O–H groups in total. The fraction of sp³-hybridized carbons (Fsp3) is 0.571. The zero-order valence-electron chi connectivity index (χ0n) is 10.8. The van der Waals surface area contributed by atoms with Gasteiger partial charge in [-0.2, -0.15) is 0 Å². The van der Waals surface area contributed by atoms with Crippen LogP contribution in [0.2, 0.25) is 5.02 Å². The van der Waals surface area contributed by atoms with Crippen LogP contribution in [0.4, 0.5) is 4.39 Å². The van der Waals surface area contributed by atoms with Crippen molar-refractivity contribution in [2.75, 3.05) is 26.7 Å². The summed E-state index contributed by atoms with van der Waals surface area (Å²) in [5, 5.41) is 3.77. The molecule has 0 saturated carbocycles. The van der Waals surface area contributed by atoms with Gasteiger partial charge in [-0.1, -0.05) is 17.7 Å². The molecule has 0 radical (unpaired) electrons. The van der Waals surface area contributed by atoms with Crippen molar-refractivity contribution in [2.24, 2.45) is 5.92 Å². The molecule has 0 bridgehead atoms. The first-order chi connectivity index (χ1) is 8.69. The molecule has 1 aromatic carbocycles. The lowest BCUT2D eigenvalue weighted by atomic mass is 9.97. The standard InChI is InChI=1S/C14H20ClFN2/c1-17-8-11-3-2-6-18(9-11)10-12-4-5-13(16)7-14(12)15/h4-5,7,11,17H,2-3,6,8-10H2,1H3. The topological polar surface area (TPSA) is 15.3 Å². The van der Waals surface area contributed by atoms with Crippen LogP contribution in [0.1, 0.15) is 18.4 Å². The van der Waals surface area contributed by atoms with Gasteiger partial charge in [0.05, 0.1) is 0 Å². The quantitative estimate of drug-likeness (QED) is 0.905. The summed E-state index contributed by atoms with van der Waals surface area (Å²) >= 11 is 6.07. The molecule has 1 aliphatic rings. The third-order valence-electron chi connectivity index (χ3n) is 3.50. The van der Waals surface area contributed by atoms with Crippen molar-refractivity contribution in [3.63, 3.8) is 0 Å². The maximum atomic E-state index is 13.0. The highest BCUT2D eigenvalue weighted by atomic mass is 35.5. The molecule has 1 aliphatic heterocycles. The second-order valence-corrected chi connectivity index (χ2v) is 5.44. The lowest BCUT2D eigenvalue weighted by Crippen LogP contribution is -2.38. The van der Waals surface area contributed by atoms with Gasteiger partial charge in [0.2, 0.25) is 0 Å². The minimum absolute atomic E-state index is 0.268. The van der Waals surface area contributed by atoms with E-state index in [9.17, 15) is 4.39 Å². The van der Waals surface area contributed by atoms with E-state index in [0.717, 1.165) is 31.7 Å². The molecule has 0 spiro atoms. The Bertz CT molecular complexity index is 395. The molecule has 1 unspecified atom stereocenters. The molecule has 1 fully saturated rings. The van der Waals surface area contributed by atoms with E-state index in [2.05, 4.69) is 10.2 Å². The summed E-state index contributed by atoms with van der Waals surface area (Å²) in [6, 6.07) is 4.67. The molecule has 18 heavy (non-hydrogen) atoms. The van der Waals surface area contributed by atoms with Gasteiger partial charge in [-0.3, -0.25) is 4.90 Å². The first-order valence-electron chi connectivity index (χ1n) is 6.50. The molecule has 1 atom stereocenters. The second kappa shape index (κ2) is 6.50. The average Bonchev–Trinajstić information content (AvgIpc) is 2.34. The summed E-state index contributed by atoms with van der Waals surface area (Å²) < 4.78 is 13.0. The van der Waals surface area contributed by atoms with Gasteiger partial charge in [0.1, 0.15) is 5.82 Å². The SMILES string of the molecule is CNCC1CCCN(Cc2ccc(F)cc2Cl)C1. The number of halogens is 2. The van der Waals surface area contributed by atoms with E-state index in [1.54, 1.807) is 6.07 Å². The van der Waals surface area contributed by atoms with Crippen molar-refractivity contribution in [3.05, 3.63) is 34.6 Å². The van der Waals surface area contributed by atoms with Crippen LogP contribution in [0, 0.1) is 11.7 Å². The van der Waals surface area contributed by atoms with Gasteiger partial charge in [-0.15, -0.1) is 0 Å². The molecule has 100 valence electrons. The van der Waals surface area contributed by atoms with Crippen LogP contribution in [0.15, 0.2) is 18.2 Å². The van der Waals surface area contributed by atoms with Crippen molar-refractivity contribution in [1.29, 1.82) is 0 Å². The molecular formula is C14H20ClFN2. The van der Waals surface area contributed by atoms with E-state index in [0.29, 0.717) is 10.9 Å². The Morgan fingerprint density at radius 1 is 1.50 bits per heavy atom. The summed E-state index contributed by atoms with van der Waals surface area (Å²) in [4.78, 5) is 2.41. The number of nitrogens with one attached hydrogen (secondary N) is 1. The molecule has 2 nitrogen and oxygen atoms in total. The number of likely N-dealkylation sites (tertiary alicyclic amines) is 1. The first-order valence-corrected chi connectivity index (χ1v) is 6.87. The maximum Gasteiger partial charge on any atom is 0.124 e. The van der Waals surface area contributed by atoms with Crippen LogP contribution in [-0.4, -0.2) is 31.6 Å². The van der Waals surface area contributed by atoms with E-state index in [4.69, 9.17) is 11.6 Å². The predicted octanol–water partition coefficient (Wildman–Crippen LogP) is 2.91. The number of rotatable bonds is 4. The first kappa shape index (κ1) is 13.8. The Kier molecular flexibility index (Phi) is 4.98. The largest absolute Gasteiger partial charge is 0.319 e. The van der Waals surface area contributed by atoms with E-state index in [1.807, 2.05) is 7.05 Å². The summed E-state index contributed by atoms with van der Waals surface area (Å²) in [5.41, 5.74) is 1.02. The van der Waals surface area contributed by atoms with Crippen molar-refractivity contribution < 1.29 is 4.39 Å². The number of piperidine rings is 1. The van der Waals surface area contributed by atoms with E-state index in [-0.39, 0.29) is 5.82 Å². The summed E-state index contributed by atoms with van der Waals surface area (Å²) in [7, 11) is 2.00. The summed E-state index contributed by atoms with van der Waals surface area (Å²) in [6.07, 6.45) is 2.51. The highest BCUT2D eigenvalue weighted by molar-refractivity contribution is 6.31. The van der Waals surface area contributed by atoms with Gasteiger partial charge in [-0.05, 0) is 56.6 Å². The van der Waals surface area contributed by atoms with Crippen molar-refractivity contribution in [3.8, 4) is 0 Å². The molecule has 0 aliphatic carbocycles. The molecule has 1 aromatic rings. The lowest BCUT2D eigenvalue weighted by Gasteiger charge is -2.32. The fourth-order valence-corrected chi connectivity index (χ4v) is 2.87. The molecule has 2 rings (SSSR count).